The van der Waals surface area contributed by atoms with Gasteiger partial charge in [0, 0.05) is 10.7 Å². The Labute approximate surface area is 212 Å². The van der Waals surface area contributed by atoms with Crippen LogP contribution >= 0.6 is 43.6 Å². The molecule has 168 valence electrons. The summed E-state index contributed by atoms with van der Waals surface area (Å²) in [7, 11) is 1.55. The summed E-state index contributed by atoms with van der Waals surface area (Å²) in [4.78, 5) is 31.3. The predicted molar refractivity (Wildman–Crippen MR) is 135 cm³/mol. The van der Waals surface area contributed by atoms with Crippen molar-refractivity contribution in [3.05, 3.63) is 91.5 Å². The summed E-state index contributed by atoms with van der Waals surface area (Å²) in [5.41, 5.74) is 2.35. The Morgan fingerprint density at radius 2 is 1.85 bits per heavy atom. The minimum Gasteiger partial charge on any atom is -0.493 e. The van der Waals surface area contributed by atoms with Crippen LogP contribution in [0.3, 0.4) is 0 Å². The van der Waals surface area contributed by atoms with Crippen molar-refractivity contribution < 1.29 is 19.1 Å². The molecular weight excluding hydrogens is 572 g/mol. The van der Waals surface area contributed by atoms with Crippen LogP contribution in [-0.4, -0.2) is 28.1 Å². The molecule has 9 heteroatoms. The highest BCUT2D eigenvalue weighted by molar-refractivity contribution is 9.10. The molecule has 1 aliphatic heterocycles. The topological polar surface area (TPSA) is 68.7 Å². The standard InChI is InChI=1S/C24H18Br2N2O4S/c1-31-20-11-15(10-19(26)22(20)32-14-17-7-4-5-9-27-17)12-21-23(29)28(24(30)33-21)13-16-6-2-3-8-18(16)25/h2-12H,13-14H2,1H3/b21-12+. The summed E-state index contributed by atoms with van der Waals surface area (Å²) in [5, 5.41) is -0.302. The van der Waals surface area contributed by atoms with Gasteiger partial charge >= 0.3 is 0 Å². The maximum absolute atomic E-state index is 12.9. The Bertz CT molecular complexity index is 1230. The first-order valence-electron chi connectivity index (χ1n) is 9.85. The Morgan fingerprint density at radius 1 is 1.06 bits per heavy atom. The largest absolute Gasteiger partial charge is 0.493 e. The highest BCUT2D eigenvalue weighted by Gasteiger charge is 2.35. The van der Waals surface area contributed by atoms with Crippen molar-refractivity contribution in [2.45, 2.75) is 13.2 Å². The van der Waals surface area contributed by atoms with E-state index >= 15 is 0 Å². The Kier molecular flexibility index (Phi) is 7.52. The van der Waals surface area contributed by atoms with Crippen molar-refractivity contribution in [2.24, 2.45) is 0 Å². The molecular formula is C24H18Br2N2O4S. The van der Waals surface area contributed by atoms with Gasteiger partial charge in [-0.25, -0.2) is 0 Å². The molecule has 33 heavy (non-hydrogen) atoms. The zero-order valence-corrected chi connectivity index (χ0v) is 21.4. The summed E-state index contributed by atoms with van der Waals surface area (Å²) in [5.74, 6) is 0.702. The van der Waals surface area contributed by atoms with Gasteiger partial charge < -0.3 is 9.47 Å². The second-order valence-electron chi connectivity index (χ2n) is 7.00. The van der Waals surface area contributed by atoms with Crippen LogP contribution in [0.5, 0.6) is 11.5 Å². The Hall–Kier alpha value is -2.62. The molecule has 0 N–H and O–H groups in total. The number of carbonyl (C=O) groups is 2. The van der Waals surface area contributed by atoms with E-state index in [1.54, 1.807) is 25.4 Å². The van der Waals surface area contributed by atoms with E-state index in [0.29, 0.717) is 26.4 Å². The van der Waals surface area contributed by atoms with E-state index in [0.717, 1.165) is 27.5 Å². The number of halogens is 2. The van der Waals surface area contributed by atoms with Crippen LogP contribution in [0.25, 0.3) is 6.08 Å². The van der Waals surface area contributed by atoms with Crippen LogP contribution < -0.4 is 9.47 Å². The normalized spacial score (nSPS) is 14.8. The van der Waals surface area contributed by atoms with E-state index in [2.05, 4.69) is 36.8 Å². The van der Waals surface area contributed by atoms with Gasteiger partial charge in [0.2, 0.25) is 0 Å². The molecule has 1 aliphatic rings. The van der Waals surface area contributed by atoms with Gasteiger partial charge in [-0.2, -0.15) is 0 Å². The average molecular weight is 590 g/mol. The van der Waals surface area contributed by atoms with Crippen LogP contribution in [0.4, 0.5) is 4.79 Å². The maximum atomic E-state index is 12.9. The highest BCUT2D eigenvalue weighted by atomic mass is 79.9. The van der Waals surface area contributed by atoms with Gasteiger partial charge in [0.15, 0.2) is 11.5 Å². The fourth-order valence-corrected chi connectivity index (χ4v) is 5.00. The van der Waals surface area contributed by atoms with Crippen LogP contribution in [0, 0.1) is 0 Å². The van der Waals surface area contributed by atoms with Crippen molar-refractivity contribution in [3.8, 4) is 11.5 Å². The van der Waals surface area contributed by atoms with E-state index < -0.39 is 0 Å². The van der Waals surface area contributed by atoms with Gasteiger partial charge in [-0.15, -0.1) is 0 Å². The molecule has 0 unspecified atom stereocenters. The molecule has 0 saturated carbocycles. The van der Waals surface area contributed by atoms with Crippen molar-refractivity contribution in [2.75, 3.05) is 7.11 Å². The molecule has 2 heterocycles. The number of nitrogens with zero attached hydrogens (tertiary/aromatic N) is 2. The minimum atomic E-state index is -0.327. The fourth-order valence-electron chi connectivity index (χ4n) is 3.18. The highest BCUT2D eigenvalue weighted by Crippen LogP contribution is 2.39. The lowest BCUT2D eigenvalue weighted by Crippen LogP contribution is -2.27. The lowest BCUT2D eigenvalue weighted by atomic mass is 10.1. The number of amides is 2. The van der Waals surface area contributed by atoms with Crippen molar-refractivity contribution in [3.63, 3.8) is 0 Å². The molecule has 1 fully saturated rings. The number of pyridine rings is 1. The first-order valence-corrected chi connectivity index (χ1v) is 12.3. The molecule has 4 rings (SSSR count). The smallest absolute Gasteiger partial charge is 0.293 e. The number of ether oxygens (including phenoxy) is 2. The molecule has 1 saturated heterocycles. The third-order valence-electron chi connectivity index (χ3n) is 4.80. The third-order valence-corrected chi connectivity index (χ3v) is 7.07. The van der Waals surface area contributed by atoms with Crippen LogP contribution in [0.15, 0.2) is 74.6 Å². The molecule has 0 spiro atoms. The number of hydrogen-bond acceptors (Lipinski definition) is 6. The number of aromatic nitrogens is 1. The molecule has 0 radical (unpaired) electrons. The summed E-state index contributed by atoms with van der Waals surface area (Å²) < 4.78 is 12.9. The summed E-state index contributed by atoms with van der Waals surface area (Å²) in [6.07, 6.45) is 3.39. The molecule has 2 aromatic carbocycles. The van der Waals surface area contributed by atoms with E-state index in [1.807, 2.05) is 48.5 Å². The van der Waals surface area contributed by atoms with E-state index in [1.165, 1.54) is 4.90 Å². The lowest BCUT2D eigenvalue weighted by molar-refractivity contribution is -0.123. The molecule has 3 aromatic rings. The van der Waals surface area contributed by atoms with Gasteiger partial charge in [-0.05, 0) is 75.2 Å². The number of rotatable bonds is 7. The second-order valence-corrected chi connectivity index (χ2v) is 9.70. The van der Waals surface area contributed by atoms with Crippen LogP contribution in [0.1, 0.15) is 16.8 Å². The number of thioether (sulfide) groups is 1. The van der Waals surface area contributed by atoms with Gasteiger partial charge in [-0.1, -0.05) is 40.2 Å². The number of benzene rings is 2. The molecule has 0 atom stereocenters. The fraction of sp³-hybridized carbons (Fsp3) is 0.125. The number of methoxy groups -OCH3 is 1. The zero-order chi connectivity index (χ0) is 23.4. The maximum Gasteiger partial charge on any atom is 0.293 e. The molecule has 6 nitrogen and oxygen atoms in total. The minimum absolute atomic E-state index is 0.205. The zero-order valence-electron chi connectivity index (χ0n) is 17.5. The first-order chi connectivity index (χ1) is 16.0. The molecule has 2 amide bonds. The SMILES string of the molecule is COc1cc(/C=C2/SC(=O)N(Cc3ccccc3Br)C2=O)cc(Br)c1OCc1ccccn1. The van der Waals surface area contributed by atoms with Gasteiger partial charge in [-0.3, -0.25) is 19.5 Å². The number of imide groups is 1. The number of hydrogen-bond donors (Lipinski definition) is 0. The molecule has 0 aliphatic carbocycles. The summed E-state index contributed by atoms with van der Waals surface area (Å²) in [6, 6.07) is 16.7. The molecule has 0 bridgehead atoms. The third kappa shape index (κ3) is 5.48. The van der Waals surface area contributed by atoms with E-state index in [-0.39, 0.29) is 24.3 Å². The Balaban J connectivity index is 1.54. The van der Waals surface area contributed by atoms with Crippen LogP contribution in [0.2, 0.25) is 0 Å². The van der Waals surface area contributed by atoms with Gasteiger partial charge in [0.25, 0.3) is 11.1 Å². The van der Waals surface area contributed by atoms with Crippen molar-refractivity contribution >= 4 is 60.8 Å². The van der Waals surface area contributed by atoms with Gasteiger partial charge in [0.1, 0.15) is 6.61 Å². The van der Waals surface area contributed by atoms with Crippen LogP contribution in [-0.2, 0) is 17.9 Å². The molecule has 1 aromatic heterocycles. The van der Waals surface area contributed by atoms with E-state index in [9.17, 15) is 9.59 Å². The summed E-state index contributed by atoms with van der Waals surface area (Å²) in [6.45, 7) is 0.486. The Morgan fingerprint density at radius 3 is 2.58 bits per heavy atom. The van der Waals surface area contributed by atoms with Crippen molar-refractivity contribution in [1.82, 2.24) is 9.88 Å². The lowest BCUT2D eigenvalue weighted by Gasteiger charge is -2.14. The quantitative estimate of drug-likeness (QED) is 0.296. The number of carbonyl (C=O) groups excluding carboxylic acids is 2. The summed E-state index contributed by atoms with van der Waals surface area (Å²) >= 11 is 7.91. The second kappa shape index (κ2) is 10.5. The van der Waals surface area contributed by atoms with E-state index in [4.69, 9.17) is 9.47 Å². The predicted octanol–water partition coefficient (Wildman–Crippen LogP) is 6.43. The average Bonchev–Trinajstić information content (AvgIpc) is 3.07. The van der Waals surface area contributed by atoms with Gasteiger partial charge in [0.05, 0.1) is 28.7 Å². The monoisotopic (exact) mass is 588 g/mol. The first kappa shape index (κ1) is 23.5. The van der Waals surface area contributed by atoms with Crippen molar-refractivity contribution in [1.29, 1.82) is 0 Å².